The van der Waals surface area contributed by atoms with Crippen LogP contribution in [0.5, 0.6) is 5.75 Å². The second kappa shape index (κ2) is 9.86. The lowest BCUT2D eigenvalue weighted by Gasteiger charge is -2.11. The minimum atomic E-state index is -0.506. The van der Waals surface area contributed by atoms with Crippen molar-refractivity contribution in [2.24, 2.45) is 15.4 Å². The number of amidine groups is 1. The molecule has 0 aliphatic rings. The van der Waals surface area contributed by atoms with Crippen LogP contribution in [0.1, 0.15) is 18.1 Å². The lowest BCUT2D eigenvalue weighted by atomic mass is 10.0. The van der Waals surface area contributed by atoms with Crippen LogP contribution in [0.25, 0.3) is 5.57 Å². The van der Waals surface area contributed by atoms with Gasteiger partial charge in [0.1, 0.15) is 5.57 Å². The zero-order valence-electron chi connectivity index (χ0n) is 15.7. The number of ether oxygens (including phenoxy) is 2. The van der Waals surface area contributed by atoms with Crippen LogP contribution < -0.4 is 4.84 Å². The molecule has 2 aromatic rings. The highest BCUT2D eigenvalue weighted by atomic mass is 16.6. The molecule has 0 unspecified atom stereocenters. The summed E-state index contributed by atoms with van der Waals surface area (Å²) in [6, 6.07) is 14.6. The average Bonchev–Trinajstić information content (AvgIpc) is 2.70. The number of nitrogens with zero attached hydrogens (tertiary/aromatic N) is 3. The fourth-order valence-electron chi connectivity index (χ4n) is 2.21. The number of carbonyl (C=O) groups is 1. The number of esters is 1. The zero-order valence-corrected chi connectivity index (χ0v) is 15.7. The van der Waals surface area contributed by atoms with Crippen molar-refractivity contribution in [3.8, 4) is 5.75 Å². The fraction of sp³-hybridized carbons (Fsp3) is 0.200. The van der Waals surface area contributed by atoms with Gasteiger partial charge >= 0.3 is 5.97 Å². The summed E-state index contributed by atoms with van der Waals surface area (Å²) in [5.41, 5.74) is 2.34. The minimum Gasteiger partial charge on any atom is -0.503 e. The number of oxime groups is 1. The number of methoxy groups -OCH3 is 2. The van der Waals surface area contributed by atoms with Crippen LogP contribution in [0.3, 0.4) is 0 Å². The second-order valence-electron chi connectivity index (χ2n) is 5.45. The lowest BCUT2D eigenvalue weighted by molar-refractivity contribution is -0.133. The highest BCUT2D eigenvalue weighted by Gasteiger charge is 2.17. The molecule has 0 amide bonds. The highest BCUT2D eigenvalue weighted by Crippen LogP contribution is 2.28. The van der Waals surface area contributed by atoms with E-state index in [1.54, 1.807) is 25.1 Å². The molecule has 7 heteroatoms. The maximum Gasteiger partial charge on any atom is 0.341 e. The number of rotatable bonds is 6. The summed E-state index contributed by atoms with van der Waals surface area (Å²) in [7, 11) is 2.77. The Labute approximate surface area is 158 Å². The molecule has 0 fully saturated rings. The third-order valence-corrected chi connectivity index (χ3v) is 3.56. The van der Waals surface area contributed by atoms with Crippen LogP contribution in [-0.2, 0) is 14.3 Å². The van der Waals surface area contributed by atoms with Crippen molar-refractivity contribution in [2.45, 2.75) is 13.8 Å². The lowest BCUT2D eigenvalue weighted by Crippen LogP contribution is -2.06. The molecule has 0 spiro atoms. The van der Waals surface area contributed by atoms with Crippen molar-refractivity contribution >= 4 is 23.1 Å². The minimum absolute atomic E-state index is 0.285. The van der Waals surface area contributed by atoms with E-state index in [9.17, 15) is 4.79 Å². The number of carbonyl (C=O) groups excluding carboxylic acids is 1. The molecule has 2 aromatic carbocycles. The quantitative estimate of drug-likeness (QED) is 0.141. The van der Waals surface area contributed by atoms with Crippen molar-refractivity contribution in [1.82, 2.24) is 0 Å². The van der Waals surface area contributed by atoms with Crippen LogP contribution in [0.4, 0.5) is 5.69 Å². The van der Waals surface area contributed by atoms with Gasteiger partial charge in [-0.15, -0.1) is 10.2 Å². The number of hydrogen-bond donors (Lipinski definition) is 0. The van der Waals surface area contributed by atoms with E-state index in [1.807, 2.05) is 37.3 Å². The molecule has 0 aliphatic heterocycles. The van der Waals surface area contributed by atoms with Crippen LogP contribution >= 0.6 is 0 Å². The number of hydrogen-bond acceptors (Lipinski definition) is 6. The first-order valence-electron chi connectivity index (χ1n) is 8.16. The van der Waals surface area contributed by atoms with E-state index in [1.165, 1.54) is 20.5 Å². The van der Waals surface area contributed by atoms with Gasteiger partial charge in [-0.25, -0.2) is 4.79 Å². The van der Waals surface area contributed by atoms with Crippen molar-refractivity contribution in [2.75, 3.05) is 14.2 Å². The first-order chi connectivity index (χ1) is 13.1. The Hall–Kier alpha value is -3.48. The zero-order chi connectivity index (χ0) is 19.6. The van der Waals surface area contributed by atoms with Crippen LogP contribution in [-0.4, -0.2) is 26.0 Å². The molecule has 140 valence electrons. The first kappa shape index (κ1) is 19.8. The summed E-state index contributed by atoms with van der Waals surface area (Å²) in [6.07, 6.45) is 1.33. The summed E-state index contributed by atoms with van der Waals surface area (Å²) in [4.78, 5) is 17.5. The summed E-state index contributed by atoms with van der Waals surface area (Å²) in [6.45, 7) is 3.49. The predicted octanol–water partition coefficient (Wildman–Crippen LogP) is 4.65. The number of benzene rings is 2. The van der Waals surface area contributed by atoms with Crippen molar-refractivity contribution in [3.05, 3.63) is 65.9 Å². The van der Waals surface area contributed by atoms with Crippen LogP contribution in [0.15, 0.2) is 70.2 Å². The van der Waals surface area contributed by atoms with E-state index < -0.39 is 5.97 Å². The Kier molecular flexibility index (Phi) is 7.25. The summed E-state index contributed by atoms with van der Waals surface area (Å²) < 4.78 is 9.79. The summed E-state index contributed by atoms with van der Waals surface area (Å²) >= 11 is 0. The largest absolute Gasteiger partial charge is 0.503 e. The smallest absolute Gasteiger partial charge is 0.341 e. The molecule has 0 aromatic heterocycles. The molecule has 0 bridgehead atoms. The van der Waals surface area contributed by atoms with Gasteiger partial charge in [-0.2, -0.15) is 0 Å². The Bertz CT molecular complexity index is 874. The molecule has 0 aliphatic carbocycles. The summed E-state index contributed by atoms with van der Waals surface area (Å²) in [5.74, 6) is 0.324. The van der Waals surface area contributed by atoms with Crippen LogP contribution in [0.2, 0.25) is 0 Å². The van der Waals surface area contributed by atoms with Gasteiger partial charge in [0.15, 0.2) is 11.6 Å². The van der Waals surface area contributed by atoms with E-state index in [4.69, 9.17) is 14.3 Å². The molecule has 0 saturated carbocycles. The molecule has 7 nitrogen and oxygen atoms in total. The monoisotopic (exact) mass is 367 g/mol. The topological polar surface area (TPSA) is 81.8 Å². The molecule has 27 heavy (non-hydrogen) atoms. The Morgan fingerprint density at radius 3 is 2.44 bits per heavy atom. The SMILES string of the molecule is CO/C=C(/C(=O)OC)c1cccc(O/N=C(C)\N=N\c2ccccc2)c1C. The van der Waals surface area contributed by atoms with Gasteiger partial charge < -0.3 is 14.3 Å². The van der Waals surface area contributed by atoms with Gasteiger partial charge in [0.2, 0.25) is 0 Å². The second-order valence-corrected chi connectivity index (χ2v) is 5.45. The molecule has 0 radical (unpaired) electrons. The van der Waals surface area contributed by atoms with E-state index in [-0.39, 0.29) is 5.57 Å². The molecule has 2 rings (SSSR count). The highest BCUT2D eigenvalue weighted by molar-refractivity contribution is 6.16. The maximum atomic E-state index is 12.0. The van der Waals surface area contributed by atoms with Gasteiger partial charge in [-0.1, -0.05) is 35.5 Å². The van der Waals surface area contributed by atoms with E-state index in [2.05, 4.69) is 15.4 Å². The molecular formula is C20H21N3O4. The summed E-state index contributed by atoms with van der Waals surface area (Å²) in [5, 5.41) is 12.1. The standard InChI is InChI=1S/C20H21N3O4/c1-14-17(18(13-25-3)20(24)26-4)11-8-12-19(14)27-23-15(2)21-22-16-9-6-5-7-10-16/h5-13H,1-4H3/b18-13+,22-21+,23-15-. The number of azo groups is 1. The normalized spacial score (nSPS) is 12.1. The fourth-order valence-corrected chi connectivity index (χ4v) is 2.21. The molecule has 0 saturated heterocycles. The van der Waals surface area contributed by atoms with Crippen molar-refractivity contribution in [1.29, 1.82) is 0 Å². The van der Waals surface area contributed by atoms with E-state index in [0.29, 0.717) is 22.7 Å². The van der Waals surface area contributed by atoms with Crippen LogP contribution in [0, 0.1) is 6.92 Å². The van der Waals surface area contributed by atoms with Gasteiger partial charge in [0, 0.05) is 12.5 Å². The third kappa shape index (κ3) is 5.50. The predicted molar refractivity (Wildman–Crippen MR) is 103 cm³/mol. The van der Waals surface area contributed by atoms with E-state index >= 15 is 0 Å². The molecule has 0 N–H and O–H groups in total. The third-order valence-electron chi connectivity index (χ3n) is 3.56. The van der Waals surface area contributed by atoms with E-state index in [0.717, 1.165) is 5.69 Å². The molecule has 0 atom stereocenters. The Balaban J connectivity index is 2.21. The van der Waals surface area contributed by atoms with Gasteiger partial charge in [0.25, 0.3) is 0 Å². The van der Waals surface area contributed by atoms with Gasteiger partial charge in [0.05, 0.1) is 26.2 Å². The van der Waals surface area contributed by atoms with Crippen molar-refractivity contribution in [3.63, 3.8) is 0 Å². The van der Waals surface area contributed by atoms with Gasteiger partial charge in [-0.3, -0.25) is 0 Å². The first-order valence-corrected chi connectivity index (χ1v) is 8.16. The van der Waals surface area contributed by atoms with Gasteiger partial charge in [-0.05, 0) is 30.7 Å². The average molecular weight is 367 g/mol. The Morgan fingerprint density at radius 1 is 1.04 bits per heavy atom. The molecular weight excluding hydrogens is 346 g/mol. The Morgan fingerprint density at radius 2 is 1.78 bits per heavy atom. The molecule has 0 heterocycles. The van der Waals surface area contributed by atoms with Crippen molar-refractivity contribution < 1.29 is 19.1 Å². The maximum absolute atomic E-state index is 12.0.